The Morgan fingerprint density at radius 3 is 2.55 bits per heavy atom. The van der Waals surface area contributed by atoms with Gasteiger partial charge in [0.15, 0.2) is 0 Å². The molecule has 162 valence electrons. The van der Waals surface area contributed by atoms with Gasteiger partial charge in [-0.1, -0.05) is 32.9 Å². The standard InChI is InChI=1S/C27H33N3O/c1-18(2)31-23-9-6-20(7-10-23)14-26-29-24-13-21(17-28)8-11-25(24)30(26)22-12-19(3)15-27(4,5)16-22/h6-11,13,18-19,22H,12,14-16H2,1-5H3/t19-,22+/m0/s1. The number of hydrogen-bond donors (Lipinski definition) is 0. The molecule has 4 rings (SSSR count). The fraction of sp³-hybridized carbons (Fsp3) is 0.481. The fourth-order valence-electron chi connectivity index (χ4n) is 5.38. The number of fused-ring (bicyclic) bond motifs is 1. The van der Waals surface area contributed by atoms with Crippen LogP contribution in [0.3, 0.4) is 0 Å². The summed E-state index contributed by atoms with van der Waals surface area (Å²) in [4.78, 5) is 5.02. The van der Waals surface area contributed by atoms with Crippen molar-refractivity contribution in [1.82, 2.24) is 9.55 Å². The molecule has 0 amide bonds. The van der Waals surface area contributed by atoms with E-state index >= 15 is 0 Å². The van der Waals surface area contributed by atoms with Crippen molar-refractivity contribution in [1.29, 1.82) is 5.26 Å². The molecule has 2 aromatic carbocycles. The Kier molecular flexibility index (Phi) is 5.79. The number of nitrogens with zero attached hydrogens (tertiary/aromatic N) is 3. The van der Waals surface area contributed by atoms with E-state index in [9.17, 15) is 5.26 Å². The lowest BCUT2D eigenvalue weighted by Crippen LogP contribution is -2.30. The molecule has 0 bridgehead atoms. The minimum Gasteiger partial charge on any atom is -0.491 e. The van der Waals surface area contributed by atoms with E-state index in [1.54, 1.807) is 0 Å². The Labute approximate surface area is 185 Å². The summed E-state index contributed by atoms with van der Waals surface area (Å²) in [7, 11) is 0. The van der Waals surface area contributed by atoms with E-state index in [4.69, 9.17) is 9.72 Å². The van der Waals surface area contributed by atoms with Crippen molar-refractivity contribution in [3.63, 3.8) is 0 Å². The minimum atomic E-state index is 0.168. The lowest BCUT2D eigenvalue weighted by molar-refractivity contribution is 0.137. The van der Waals surface area contributed by atoms with Crippen LogP contribution in [0.1, 0.15) is 76.9 Å². The minimum absolute atomic E-state index is 0.168. The highest BCUT2D eigenvalue weighted by molar-refractivity contribution is 5.78. The topological polar surface area (TPSA) is 50.8 Å². The zero-order valence-electron chi connectivity index (χ0n) is 19.4. The summed E-state index contributed by atoms with van der Waals surface area (Å²) in [5, 5.41) is 9.35. The molecule has 1 heterocycles. The van der Waals surface area contributed by atoms with Crippen LogP contribution >= 0.6 is 0 Å². The van der Waals surface area contributed by atoms with E-state index in [1.165, 1.54) is 18.4 Å². The van der Waals surface area contributed by atoms with Crippen molar-refractivity contribution in [2.24, 2.45) is 11.3 Å². The molecular weight excluding hydrogens is 382 g/mol. The lowest BCUT2D eigenvalue weighted by Gasteiger charge is -2.40. The highest BCUT2D eigenvalue weighted by Crippen LogP contribution is 2.45. The first-order valence-electron chi connectivity index (χ1n) is 11.4. The maximum absolute atomic E-state index is 9.35. The van der Waals surface area contributed by atoms with Crippen LogP contribution in [0.5, 0.6) is 5.75 Å². The van der Waals surface area contributed by atoms with Crippen LogP contribution in [-0.4, -0.2) is 15.7 Å². The molecule has 3 aromatic rings. The first-order valence-corrected chi connectivity index (χ1v) is 11.4. The molecule has 1 aliphatic carbocycles. The van der Waals surface area contributed by atoms with Crippen molar-refractivity contribution in [3.05, 3.63) is 59.4 Å². The molecule has 1 fully saturated rings. The number of rotatable bonds is 5. The predicted octanol–water partition coefficient (Wildman–Crippen LogP) is 6.67. The monoisotopic (exact) mass is 415 g/mol. The van der Waals surface area contributed by atoms with Gasteiger partial charge in [-0.25, -0.2) is 4.98 Å². The summed E-state index contributed by atoms with van der Waals surface area (Å²) in [6.45, 7) is 11.2. The van der Waals surface area contributed by atoms with Gasteiger partial charge in [-0.05, 0) is 80.3 Å². The average Bonchev–Trinajstić information content (AvgIpc) is 3.04. The SMILES string of the molecule is CC(C)Oc1ccc(Cc2nc3cc(C#N)ccc3n2[C@@H]2C[C@H](C)CC(C)(C)C2)cc1. The van der Waals surface area contributed by atoms with Crippen molar-refractivity contribution < 1.29 is 4.74 Å². The molecule has 31 heavy (non-hydrogen) atoms. The van der Waals surface area contributed by atoms with E-state index in [0.717, 1.165) is 35.4 Å². The summed E-state index contributed by atoms with van der Waals surface area (Å²) in [6, 6.07) is 17.0. The zero-order valence-corrected chi connectivity index (χ0v) is 19.4. The van der Waals surface area contributed by atoms with Crippen molar-refractivity contribution in [3.8, 4) is 11.8 Å². The number of hydrogen-bond acceptors (Lipinski definition) is 3. The van der Waals surface area contributed by atoms with Gasteiger partial charge < -0.3 is 9.30 Å². The molecule has 4 heteroatoms. The third kappa shape index (κ3) is 4.77. The molecule has 0 saturated heterocycles. The molecule has 4 nitrogen and oxygen atoms in total. The van der Waals surface area contributed by atoms with Crippen LogP contribution in [0, 0.1) is 22.7 Å². The summed E-state index contributed by atoms with van der Waals surface area (Å²) < 4.78 is 8.26. The predicted molar refractivity (Wildman–Crippen MR) is 125 cm³/mol. The zero-order chi connectivity index (χ0) is 22.2. The Morgan fingerprint density at radius 2 is 1.90 bits per heavy atom. The highest BCUT2D eigenvalue weighted by Gasteiger charge is 2.34. The molecule has 2 atom stereocenters. The quantitative estimate of drug-likeness (QED) is 0.467. The first kappa shape index (κ1) is 21.4. The largest absolute Gasteiger partial charge is 0.491 e. The molecule has 1 aliphatic rings. The Balaban J connectivity index is 1.73. The van der Waals surface area contributed by atoms with Gasteiger partial charge in [0.1, 0.15) is 11.6 Å². The van der Waals surface area contributed by atoms with Crippen LogP contribution in [0.2, 0.25) is 0 Å². The number of benzene rings is 2. The van der Waals surface area contributed by atoms with Gasteiger partial charge >= 0.3 is 0 Å². The number of imidazole rings is 1. The molecule has 1 saturated carbocycles. The van der Waals surface area contributed by atoms with E-state index in [2.05, 4.69) is 49.6 Å². The highest BCUT2D eigenvalue weighted by atomic mass is 16.5. The molecule has 0 unspecified atom stereocenters. The summed E-state index contributed by atoms with van der Waals surface area (Å²) in [5.41, 5.74) is 4.26. The number of ether oxygens (including phenoxy) is 1. The second kappa shape index (κ2) is 8.38. The van der Waals surface area contributed by atoms with Gasteiger partial charge in [-0.3, -0.25) is 0 Å². The van der Waals surface area contributed by atoms with Crippen molar-refractivity contribution in [2.75, 3.05) is 0 Å². The maximum Gasteiger partial charge on any atom is 0.119 e. The van der Waals surface area contributed by atoms with Crippen LogP contribution in [0.15, 0.2) is 42.5 Å². The smallest absolute Gasteiger partial charge is 0.119 e. The van der Waals surface area contributed by atoms with E-state index < -0.39 is 0 Å². The van der Waals surface area contributed by atoms with Crippen molar-refractivity contribution >= 4 is 11.0 Å². The third-order valence-electron chi connectivity index (χ3n) is 6.28. The summed E-state index contributed by atoms with van der Waals surface area (Å²) in [5.74, 6) is 2.66. The van der Waals surface area contributed by atoms with Crippen LogP contribution in [-0.2, 0) is 6.42 Å². The average molecular weight is 416 g/mol. The van der Waals surface area contributed by atoms with Gasteiger partial charge in [-0.15, -0.1) is 0 Å². The Morgan fingerprint density at radius 1 is 1.16 bits per heavy atom. The van der Waals surface area contributed by atoms with Gasteiger partial charge in [0.2, 0.25) is 0 Å². The molecular formula is C27H33N3O. The molecule has 0 radical (unpaired) electrons. The van der Waals surface area contributed by atoms with Crippen LogP contribution in [0.4, 0.5) is 0 Å². The third-order valence-corrected chi connectivity index (χ3v) is 6.28. The lowest BCUT2D eigenvalue weighted by atomic mass is 9.70. The van der Waals surface area contributed by atoms with E-state index in [1.807, 2.05) is 38.1 Å². The number of aromatic nitrogens is 2. The van der Waals surface area contributed by atoms with Gasteiger partial charge in [-0.2, -0.15) is 5.26 Å². The second-order valence-electron chi connectivity index (χ2n) is 10.3. The van der Waals surface area contributed by atoms with Gasteiger partial charge in [0.25, 0.3) is 0 Å². The molecule has 0 spiro atoms. The number of nitriles is 1. The molecule has 0 aliphatic heterocycles. The molecule has 0 N–H and O–H groups in total. The van der Waals surface area contributed by atoms with E-state index in [-0.39, 0.29) is 6.10 Å². The Bertz CT molecular complexity index is 1100. The second-order valence-corrected chi connectivity index (χ2v) is 10.3. The van der Waals surface area contributed by atoms with Crippen molar-refractivity contribution in [2.45, 2.75) is 72.4 Å². The normalized spacial score (nSPS) is 20.7. The maximum atomic E-state index is 9.35. The van der Waals surface area contributed by atoms with E-state index in [0.29, 0.717) is 22.9 Å². The summed E-state index contributed by atoms with van der Waals surface area (Å²) >= 11 is 0. The van der Waals surface area contributed by atoms with Gasteiger partial charge in [0, 0.05) is 12.5 Å². The summed E-state index contributed by atoms with van der Waals surface area (Å²) in [6.07, 6.45) is 4.52. The van der Waals surface area contributed by atoms with Crippen LogP contribution < -0.4 is 4.74 Å². The molecule has 1 aromatic heterocycles. The van der Waals surface area contributed by atoms with Gasteiger partial charge in [0.05, 0.1) is 28.8 Å². The fourth-order valence-corrected chi connectivity index (χ4v) is 5.38. The van der Waals surface area contributed by atoms with Crippen LogP contribution in [0.25, 0.3) is 11.0 Å². The Hall–Kier alpha value is -2.80. The first-order chi connectivity index (χ1) is 14.7.